The van der Waals surface area contributed by atoms with Gasteiger partial charge in [0, 0.05) is 43.2 Å². The quantitative estimate of drug-likeness (QED) is 0.581. The summed E-state index contributed by atoms with van der Waals surface area (Å²) in [4.78, 5) is 11.4. The molecule has 1 aromatic rings. The number of hydrogen-bond acceptors (Lipinski definition) is 3. The lowest BCUT2D eigenvalue weighted by Gasteiger charge is -2.13. The minimum Gasteiger partial charge on any atom is -0.337 e. The van der Waals surface area contributed by atoms with Crippen LogP contribution in [0.4, 0.5) is 10.6 Å². The fraction of sp³-hybridized carbons (Fsp3) is 0.556. The summed E-state index contributed by atoms with van der Waals surface area (Å²) in [5.74, 6) is 0.988. The van der Waals surface area contributed by atoms with E-state index in [0.717, 1.165) is 30.8 Å². The number of aromatic nitrogens is 2. The van der Waals surface area contributed by atoms with Crippen LogP contribution in [-0.2, 0) is 13.0 Å². The van der Waals surface area contributed by atoms with Crippen molar-refractivity contribution in [2.45, 2.75) is 13.0 Å². The second-order valence-electron chi connectivity index (χ2n) is 3.53. The molecule has 7 heteroatoms. The van der Waals surface area contributed by atoms with Gasteiger partial charge in [-0.2, -0.15) is 5.10 Å². The van der Waals surface area contributed by atoms with Gasteiger partial charge in [0.15, 0.2) is 5.82 Å². The van der Waals surface area contributed by atoms with Crippen LogP contribution in [0.5, 0.6) is 0 Å². The summed E-state index contributed by atoms with van der Waals surface area (Å²) in [6, 6.07) is -0.277. The van der Waals surface area contributed by atoms with Gasteiger partial charge in [-0.3, -0.25) is 10.4 Å². The second-order valence-corrected chi connectivity index (χ2v) is 3.90. The lowest BCUT2D eigenvalue weighted by atomic mass is 10.1. The van der Waals surface area contributed by atoms with E-state index in [0.29, 0.717) is 18.2 Å². The monoisotopic (exact) mass is 243 g/mol. The molecule has 0 aliphatic carbocycles. The van der Waals surface area contributed by atoms with Crippen molar-refractivity contribution in [2.24, 2.45) is 0 Å². The molecule has 0 saturated heterocycles. The number of rotatable bonds is 3. The molecule has 0 saturated carbocycles. The maximum Gasteiger partial charge on any atom is 0.320 e. The molecule has 0 atom stereocenters. The van der Waals surface area contributed by atoms with Crippen molar-refractivity contribution >= 4 is 23.4 Å². The molecule has 0 spiro atoms. The van der Waals surface area contributed by atoms with Crippen LogP contribution in [0.3, 0.4) is 0 Å². The van der Waals surface area contributed by atoms with Gasteiger partial charge in [-0.05, 0) is 0 Å². The Morgan fingerprint density at radius 2 is 2.44 bits per heavy atom. The fourth-order valence-corrected chi connectivity index (χ4v) is 1.74. The molecule has 1 aliphatic rings. The summed E-state index contributed by atoms with van der Waals surface area (Å²) >= 11 is 5.47. The van der Waals surface area contributed by atoms with Gasteiger partial charge in [0.05, 0.1) is 0 Å². The number of anilines is 1. The average Bonchev–Trinajstić information content (AvgIpc) is 2.70. The SMILES string of the molecule is O=C(NCCCl)Nc1n[nH]c2c1CNCC2. The lowest BCUT2D eigenvalue weighted by Crippen LogP contribution is -2.31. The highest BCUT2D eigenvalue weighted by molar-refractivity contribution is 6.18. The predicted octanol–water partition coefficient (Wildman–Crippen LogP) is 0.416. The Balaban J connectivity index is 1.99. The van der Waals surface area contributed by atoms with Crippen LogP contribution >= 0.6 is 11.6 Å². The summed E-state index contributed by atoms with van der Waals surface area (Å²) in [6.45, 7) is 2.11. The molecule has 88 valence electrons. The Hall–Kier alpha value is -1.27. The Bertz CT molecular complexity index is 378. The smallest absolute Gasteiger partial charge is 0.320 e. The minimum absolute atomic E-state index is 0.277. The number of amides is 2. The van der Waals surface area contributed by atoms with Crippen LogP contribution in [-0.4, -0.2) is 35.2 Å². The van der Waals surface area contributed by atoms with Crippen LogP contribution in [0.1, 0.15) is 11.3 Å². The number of fused-ring (bicyclic) bond motifs is 1. The van der Waals surface area contributed by atoms with Gasteiger partial charge in [-0.15, -0.1) is 11.6 Å². The summed E-state index contributed by atoms with van der Waals surface area (Å²) < 4.78 is 0. The van der Waals surface area contributed by atoms with E-state index in [2.05, 4.69) is 26.1 Å². The third-order valence-corrected chi connectivity index (χ3v) is 2.61. The molecule has 1 aromatic heterocycles. The second kappa shape index (κ2) is 5.18. The molecule has 1 aliphatic heterocycles. The molecule has 2 heterocycles. The van der Waals surface area contributed by atoms with Gasteiger partial charge in [-0.25, -0.2) is 4.79 Å². The molecule has 0 radical (unpaired) electrons. The van der Waals surface area contributed by atoms with Gasteiger partial charge in [0.25, 0.3) is 0 Å². The Morgan fingerprint density at radius 3 is 3.25 bits per heavy atom. The molecule has 0 aromatic carbocycles. The van der Waals surface area contributed by atoms with Crippen LogP contribution < -0.4 is 16.0 Å². The van der Waals surface area contributed by atoms with Crippen LogP contribution in [0, 0.1) is 0 Å². The first kappa shape index (κ1) is 11.2. The van der Waals surface area contributed by atoms with Crippen LogP contribution in [0.2, 0.25) is 0 Å². The summed E-state index contributed by atoms with van der Waals surface area (Å²) in [7, 11) is 0. The van der Waals surface area contributed by atoms with Crippen molar-refractivity contribution in [3.63, 3.8) is 0 Å². The zero-order chi connectivity index (χ0) is 11.4. The largest absolute Gasteiger partial charge is 0.337 e. The number of urea groups is 1. The van der Waals surface area contributed by atoms with E-state index >= 15 is 0 Å². The highest BCUT2D eigenvalue weighted by Gasteiger charge is 2.17. The fourth-order valence-electron chi connectivity index (χ4n) is 1.64. The standard InChI is InChI=1S/C9H14ClN5O/c10-2-4-12-9(16)13-8-6-5-11-3-1-7(6)14-15-8/h11H,1-5H2,(H3,12,13,14,15,16). The third-order valence-electron chi connectivity index (χ3n) is 2.42. The van der Waals surface area contributed by atoms with E-state index < -0.39 is 0 Å². The van der Waals surface area contributed by atoms with E-state index in [1.54, 1.807) is 0 Å². The highest BCUT2D eigenvalue weighted by Crippen LogP contribution is 2.19. The van der Waals surface area contributed by atoms with Crippen molar-refractivity contribution in [2.75, 3.05) is 24.3 Å². The van der Waals surface area contributed by atoms with Gasteiger partial charge in [0.2, 0.25) is 0 Å². The zero-order valence-corrected chi connectivity index (χ0v) is 9.52. The Labute approximate surface area is 98.1 Å². The summed E-state index contributed by atoms with van der Waals surface area (Å²) in [5, 5.41) is 15.6. The number of halogens is 1. The Morgan fingerprint density at radius 1 is 1.56 bits per heavy atom. The molecule has 16 heavy (non-hydrogen) atoms. The van der Waals surface area contributed by atoms with Crippen molar-refractivity contribution < 1.29 is 4.79 Å². The molecule has 2 rings (SSSR count). The molecular weight excluding hydrogens is 230 g/mol. The normalized spacial score (nSPS) is 14.3. The number of hydrogen-bond donors (Lipinski definition) is 4. The average molecular weight is 244 g/mol. The van der Waals surface area contributed by atoms with Gasteiger partial charge in [0.1, 0.15) is 0 Å². The minimum atomic E-state index is -0.277. The number of carbonyl (C=O) groups is 1. The van der Waals surface area contributed by atoms with Gasteiger partial charge in [-0.1, -0.05) is 0 Å². The van der Waals surface area contributed by atoms with Crippen LogP contribution in [0.15, 0.2) is 0 Å². The zero-order valence-electron chi connectivity index (χ0n) is 8.77. The summed E-state index contributed by atoms with van der Waals surface area (Å²) in [6.07, 6.45) is 0.910. The van der Waals surface area contributed by atoms with Crippen molar-refractivity contribution in [1.82, 2.24) is 20.8 Å². The molecule has 4 N–H and O–H groups in total. The maximum absolute atomic E-state index is 11.4. The number of carbonyl (C=O) groups excluding carboxylic acids is 1. The maximum atomic E-state index is 11.4. The first-order chi connectivity index (χ1) is 7.81. The van der Waals surface area contributed by atoms with E-state index in [4.69, 9.17) is 11.6 Å². The third kappa shape index (κ3) is 2.45. The van der Waals surface area contributed by atoms with Crippen LogP contribution in [0.25, 0.3) is 0 Å². The predicted molar refractivity (Wildman–Crippen MR) is 61.7 cm³/mol. The van der Waals surface area contributed by atoms with Gasteiger partial charge < -0.3 is 10.6 Å². The molecule has 0 fully saturated rings. The van der Waals surface area contributed by atoms with E-state index in [-0.39, 0.29) is 6.03 Å². The first-order valence-corrected chi connectivity index (χ1v) is 5.72. The van der Waals surface area contributed by atoms with Crippen molar-refractivity contribution in [1.29, 1.82) is 0 Å². The van der Waals surface area contributed by atoms with Gasteiger partial charge >= 0.3 is 6.03 Å². The molecule has 6 nitrogen and oxygen atoms in total. The summed E-state index contributed by atoms with van der Waals surface area (Å²) in [5.41, 5.74) is 2.12. The van der Waals surface area contributed by atoms with Crippen molar-refractivity contribution in [3.8, 4) is 0 Å². The molecule has 2 amide bonds. The Kier molecular flexibility index (Phi) is 3.63. The highest BCUT2D eigenvalue weighted by atomic mass is 35.5. The number of nitrogens with zero attached hydrogens (tertiary/aromatic N) is 1. The topological polar surface area (TPSA) is 81.8 Å². The lowest BCUT2D eigenvalue weighted by molar-refractivity contribution is 0.252. The number of aromatic amines is 1. The number of nitrogens with one attached hydrogen (secondary N) is 4. The molecular formula is C9H14ClN5O. The van der Waals surface area contributed by atoms with E-state index in [1.165, 1.54) is 0 Å². The molecule has 0 bridgehead atoms. The first-order valence-electron chi connectivity index (χ1n) is 5.19. The van der Waals surface area contributed by atoms with E-state index in [1.807, 2.05) is 0 Å². The number of alkyl halides is 1. The van der Waals surface area contributed by atoms with Crippen molar-refractivity contribution in [3.05, 3.63) is 11.3 Å². The number of H-pyrrole nitrogens is 1. The van der Waals surface area contributed by atoms with E-state index in [9.17, 15) is 4.79 Å². The molecule has 0 unspecified atom stereocenters.